The molecule has 1 saturated heterocycles. The second-order valence-corrected chi connectivity index (χ2v) is 6.02. The van der Waals surface area contributed by atoms with Crippen LogP contribution in [-0.2, 0) is 0 Å². The molecule has 24 heavy (non-hydrogen) atoms. The van der Waals surface area contributed by atoms with Gasteiger partial charge in [-0.05, 0) is 54.8 Å². The number of carbonyl (C=O) groups excluding carboxylic acids is 1. The number of hydrogen-bond acceptors (Lipinski definition) is 3. The van der Waals surface area contributed by atoms with Crippen LogP contribution < -0.4 is 15.0 Å². The van der Waals surface area contributed by atoms with Crippen LogP contribution in [0.3, 0.4) is 0 Å². The normalized spacial score (nSPS) is 16.9. The Morgan fingerprint density at radius 2 is 2.08 bits per heavy atom. The Hall–Kier alpha value is -2.56. The molecule has 1 heterocycles. The summed E-state index contributed by atoms with van der Waals surface area (Å²) in [5.41, 5.74) is 1.63. The monoisotopic (exact) mass is 328 g/mol. The van der Waals surface area contributed by atoms with Gasteiger partial charge in [0.05, 0.1) is 7.11 Å². The van der Waals surface area contributed by atoms with Crippen molar-refractivity contribution in [3.05, 3.63) is 59.9 Å². The van der Waals surface area contributed by atoms with Crippen LogP contribution in [0.2, 0.25) is 0 Å². The highest BCUT2D eigenvalue weighted by Gasteiger charge is 2.23. The summed E-state index contributed by atoms with van der Waals surface area (Å²) in [4.78, 5) is 14.5. The van der Waals surface area contributed by atoms with Crippen LogP contribution in [0, 0.1) is 11.7 Å². The fourth-order valence-corrected chi connectivity index (χ4v) is 2.99. The largest absolute Gasteiger partial charge is 0.497 e. The first-order valence-electron chi connectivity index (χ1n) is 8.08. The van der Waals surface area contributed by atoms with Gasteiger partial charge in [0.25, 0.3) is 5.91 Å². The van der Waals surface area contributed by atoms with E-state index in [1.165, 1.54) is 12.1 Å². The minimum absolute atomic E-state index is 0.0888. The summed E-state index contributed by atoms with van der Waals surface area (Å²) in [7, 11) is 1.58. The summed E-state index contributed by atoms with van der Waals surface area (Å²) in [5, 5.41) is 2.99. The summed E-state index contributed by atoms with van der Waals surface area (Å²) < 4.78 is 18.1. The average Bonchev–Trinajstić information content (AvgIpc) is 3.09. The van der Waals surface area contributed by atoms with Gasteiger partial charge in [-0.25, -0.2) is 4.39 Å². The van der Waals surface area contributed by atoms with Gasteiger partial charge in [-0.3, -0.25) is 4.79 Å². The Morgan fingerprint density at radius 3 is 2.83 bits per heavy atom. The first-order chi connectivity index (χ1) is 11.7. The fourth-order valence-electron chi connectivity index (χ4n) is 2.99. The highest BCUT2D eigenvalue weighted by molar-refractivity contribution is 5.94. The lowest BCUT2D eigenvalue weighted by Crippen LogP contribution is -2.31. The van der Waals surface area contributed by atoms with Crippen LogP contribution >= 0.6 is 0 Å². The first kappa shape index (κ1) is 16.3. The van der Waals surface area contributed by atoms with Crippen molar-refractivity contribution < 1.29 is 13.9 Å². The van der Waals surface area contributed by atoms with Crippen molar-refractivity contribution in [1.29, 1.82) is 0 Å². The third-order valence-electron chi connectivity index (χ3n) is 4.36. The number of nitrogens with one attached hydrogen (secondary N) is 1. The fraction of sp³-hybridized carbons (Fsp3) is 0.316. The third-order valence-corrected chi connectivity index (χ3v) is 4.36. The molecule has 0 spiro atoms. The molecule has 1 fully saturated rings. The molecule has 2 aromatic rings. The van der Waals surface area contributed by atoms with Crippen molar-refractivity contribution in [3.8, 4) is 5.75 Å². The lowest BCUT2D eigenvalue weighted by atomic mass is 10.1. The standard InChI is InChI=1S/C19H21FN2O2/c1-24-18-4-2-3-15(11-18)19(23)21-12-14-9-10-22(13-14)17-7-5-16(20)6-8-17/h2-8,11,14H,9-10,12-13H2,1H3,(H,21,23). The summed E-state index contributed by atoms with van der Waals surface area (Å²) in [5.74, 6) is 0.754. The number of rotatable bonds is 5. The molecule has 1 unspecified atom stereocenters. The molecule has 3 rings (SSSR count). The van der Waals surface area contributed by atoms with E-state index >= 15 is 0 Å². The highest BCUT2D eigenvalue weighted by atomic mass is 19.1. The predicted molar refractivity (Wildman–Crippen MR) is 92.0 cm³/mol. The Bertz CT molecular complexity index is 703. The molecule has 0 aliphatic carbocycles. The Labute approximate surface area is 141 Å². The molecule has 5 heteroatoms. The molecule has 0 saturated carbocycles. The molecule has 0 radical (unpaired) electrons. The molecule has 1 atom stereocenters. The minimum Gasteiger partial charge on any atom is -0.497 e. The predicted octanol–water partition coefficient (Wildman–Crippen LogP) is 3.09. The van der Waals surface area contributed by atoms with E-state index < -0.39 is 0 Å². The third kappa shape index (κ3) is 3.85. The Morgan fingerprint density at radius 1 is 1.29 bits per heavy atom. The van der Waals surface area contributed by atoms with Gasteiger partial charge in [0.15, 0.2) is 0 Å². The van der Waals surface area contributed by atoms with Crippen molar-refractivity contribution in [2.75, 3.05) is 31.6 Å². The molecule has 1 aliphatic heterocycles. The number of nitrogens with zero attached hydrogens (tertiary/aromatic N) is 1. The quantitative estimate of drug-likeness (QED) is 0.917. The zero-order chi connectivity index (χ0) is 16.9. The van der Waals surface area contributed by atoms with Gasteiger partial charge in [0.1, 0.15) is 11.6 Å². The van der Waals surface area contributed by atoms with Gasteiger partial charge in [-0.1, -0.05) is 6.07 Å². The summed E-state index contributed by atoms with van der Waals surface area (Å²) >= 11 is 0. The van der Waals surface area contributed by atoms with E-state index in [1.807, 2.05) is 6.07 Å². The minimum atomic E-state index is -0.222. The van der Waals surface area contributed by atoms with Gasteiger partial charge >= 0.3 is 0 Å². The smallest absolute Gasteiger partial charge is 0.251 e. The van der Waals surface area contributed by atoms with E-state index in [0.29, 0.717) is 23.8 Å². The second kappa shape index (κ2) is 7.34. The molecule has 0 bridgehead atoms. The number of amides is 1. The van der Waals surface area contributed by atoms with Crippen LogP contribution in [0.4, 0.5) is 10.1 Å². The van der Waals surface area contributed by atoms with E-state index in [1.54, 1.807) is 37.4 Å². The SMILES string of the molecule is COc1cccc(C(=O)NCC2CCN(c3ccc(F)cc3)C2)c1. The van der Waals surface area contributed by atoms with E-state index in [2.05, 4.69) is 10.2 Å². The summed E-state index contributed by atoms with van der Waals surface area (Å²) in [6.07, 6.45) is 1.01. The molecule has 0 aromatic heterocycles. The molecule has 4 nitrogen and oxygen atoms in total. The van der Waals surface area contributed by atoms with Gasteiger partial charge < -0.3 is 15.0 Å². The van der Waals surface area contributed by atoms with Crippen molar-refractivity contribution in [2.24, 2.45) is 5.92 Å². The second-order valence-electron chi connectivity index (χ2n) is 6.02. The van der Waals surface area contributed by atoms with Crippen LogP contribution in [0.5, 0.6) is 5.75 Å². The van der Waals surface area contributed by atoms with Crippen LogP contribution in [0.25, 0.3) is 0 Å². The zero-order valence-corrected chi connectivity index (χ0v) is 13.7. The molecule has 1 aliphatic rings. The van der Waals surface area contributed by atoms with E-state index in [-0.39, 0.29) is 11.7 Å². The average molecular weight is 328 g/mol. The summed E-state index contributed by atoms with van der Waals surface area (Å²) in [6.45, 7) is 2.42. The highest BCUT2D eigenvalue weighted by Crippen LogP contribution is 2.23. The van der Waals surface area contributed by atoms with Crippen molar-refractivity contribution in [1.82, 2.24) is 5.32 Å². The maximum absolute atomic E-state index is 13.0. The number of ether oxygens (including phenoxy) is 1. The van der Waals surface area contributed by atoms with E-state index in [4.69, 9.17) is 4.74 Å². The summed E-state index contributed by atoms with van der Waals surface area (Å²) in [6, 6.07) is 13.7. The number of carbonyl (C=O) groups is 1. The molecule has 126 valence electrons. The zero-order valence-electron chi connectivity index (χ0n) is 13.7. The lowest BCUT2D eigenvalue weighted by molar-refractivity contribution is 0.0948. The Balaban J connectivity index is 1.52. The van der Waals surface area contributed by atoms with Gasteiger partial charge in [-0.2, -0.15) is 0 Å². The number of anilines is 1. The maximum atomic E-state index is 13.0. The number of methoxy groups -OCH3 is 1. The molecule has 1 amide bonds. The molecular weight excluding hydrogens is 307 g/mol. The molecule has 1 N–H and O–H groups in total. The lowest BCUT2D eigenvalue weighted by Gasteiger charge is -2.18. The maximum Gasteiger partial charge on any atom is 0.251 e. The Kier molecular flexibility index (Phi) is 4.99. The molecular formula is C19H21FN2O2. The number of halogens is 1. The van der Waals surface area contributed by atoms with Crippen LogP contribution in [-0.4, -0.2) is 32.7 Å². The van der Waals surface area contributed by atoms with E-state index in [9.17, 15) is 9.18 Å². The van der Waals surface area contributed by atoms with E-state index in [0.717, 1.165) is 25.2 Å². The topological polar surface area (TPSA) is 41.6 Å². The van der Waals surface area contributed by atoms with Crippen molar-refractivity contribution >= 4 is 11.6 Å². The molecule has 2 aromatic carbocycles. The first-order valence-corrected chi connectivity index (χ1v) is 8.08. The van der Waals surface area contributed by atoms with Crippen molar-refractivity contribution in [2.45, 2.75) is 6.42 Å². The van der Waals surface area contributed by atoms with Gasteiger partial charge in [-0.15, -0.1) is 0 Å². The van der Waals surface area contributed by atoms with Crippen LogP contribution in [0.1, 0.15) is 16.8 Å². The van der Waals surface area contributed by atoms with Gasteiger partial charge in [0.2, 0.25) is 0 Å². The van der Waals surface area contributed by atoms with Gasteiger partial charge in [0, 0.05) is 30.9 Å². The number of benzene rings is 2. The number of hydrogen-bond donors (Lipinski definition) is 1. The van der Waals surface area contributed by atoms with Crippen molar-refractivity contribution in [3.63, 3.8) is 0 Å². The van der Waals surface area contributed by atoms with Crippen LogP contribution in [0.15, 0.2) is 48.5 Å².